The van der Waals surface area contributed by atoms with Crippen LogP contribution >= 0.6 is 11.8 Å². The maximum absolute atomic E-state index is 12.2. The van der Waals surface area contributed by atoms with Crippen molar-refractivity contribution in [2.24, 2.45) is 0 Å². The topological polar surface area (TPSA) is 42.0 Å². The minimum atomic E-state index is -0.136. The lowest BCUT2D eigenvalue weighted by atomic mass is 10.2. The molecular formula is C16H18N2OS. The summed E-state index contributed by atoms with van der Waals surface area (Å²) < 4.78 is 0. The van der Waals surface area contributed by atoms with E-state index < -0.39 is 0 Å². The normalized spacial score (nSPS) is 13.5. The molecular weight excluding hydrogens is 268 g/mol. The highest BCUT2D eigenvalue weighted by atomic mass is 32.2. The Kier molecular flexibility index (Phi) is 5.18. The molecule has 0 aliphatic carbocycles. The van der Waals surface area contributed by atoms with Crippen LogP contribution in [0.15, 0.2) is 59.6 Å². The summed E-state index contributed by atoms with van der Waals surface area (Å²) in [5.74, 6) is 0.0250. The van der Waals surface area contributed by atoms with E-state index in [1.54, 1.807) is 18.0 Å². The van der Waals surface area contributed by atoms with Gasteiger partial charge in [-0.05, 0) is 38.1 Å². The number of carbonyl (C=O) groups is 1. The molecule has 0 saturated heterocycles. The average molecular weight is 286 g/mol. The summed E-state index contributed by atoms with van der Waals surface area (Å²) >= 11 is 1.56. The number of hydrogen-bond donors (Lipinski definition) is 1. The van der Waals surface area contributed by atoms with Gasteiger partial charge >= 0.3 is 0 Å². The van der Waals surface area contributed by atoms with Gasteiger partial charge in [0.1, 0.15) is 0 Å². The van der Waals surface area contributed by atoms with E-state index in [-0.39, 0.29) is 17.2 Å². The van der Waals surface area contributed by atoms with E-state index in [9.17, 15) is 4.79 Å². The van der Waals surface area contributed by atoms with Gasteiger partial charge < -0.3 is 5.32 Å². The first kappa shape index (κ1) is 14.6. The van der Waals surface area contributed by atoms with Crippen molar-refractivity contribution in [1.29, 1.82) is 0 Å². The molecule has 0 radical (unpaired) electrons. The molecule has 3 nitrogen and oxygen atoms in total. The predicted molar refractivity (Wildman–Crippen MR) is 82.6 cm³/mol. The molecule has 1 amide bonds. The molecule has 1 aromatic carbocycles. The molecule has 2 aromatic rings. The number of rotatable bonds is 5. The molecule has 2 rings (SSSR count). The van der Waals surface area contributed by atoms with Crippen LogP contribution in [-0.2, 0) is 4.79 Å². The van der Waals surface area contributed by atoms with E-state index in [1.807, 2.05) is 62.4 Å². The van der Waals surface area contributed by atoms with Crippen molar-refractivity contribution >= 4 is 17.7 Å². The van der Waals surface area contributed by atoms with Gasteiger partial charge in [0.2, 0.25) is 5.91 Å². The first-order chi connectivity index (χ1) is 9.66. The fraction of sp³-hybridized carbons (Fsp3) is 0.250. The Bertz CT molecular complexity index is 545. The number of thioether (sulfide) groups is 1. The molecule has 104 valence electrons. The molecule has 1 aromatic heterocycles. The van der Waals surface area contributed by atoms with Crippen molar-refractivity contribution < 1.29 is 4.79 Å². The van der Waals surface area contributed by atoms with Crippen LogP contribution in [0.25, 0.3) is 0 Å². The molecule has 0 bridgehead atoms. The van der Waals surface area contributed by atoms with E-state index in [1.165, 1.54) is 0 Å². The summed E-state index contributed by atoms with van der Waals surface area (Å²) in [7, 11) is 0. The highest BCUT2D eigenvalue weighted by Gasteiger charge is 2.17. The van der Waals surface area contributed by atoms with Crippen LogP contribution in [0.5, 0.6) is 0 Å². The van der Waals surface area contributed by atoms with E-state index in [2.05, 4.69) is 10.3 Å². The van der Waals surface area contributed by atoms with Gasteiger partial charge in [0.05, 0.1) is 17.0 Å². The molecule has 2 atom stereocenters. The maximum atomic E-state index is 12.2. The highest BCUT2D eigenvalue weighted by Crippen LogP contribution is 2.23. The third kappa shape index (κ3) is 4.10. The Morgan fingerprint density at radius 2 is 1.80 bits per heavy atom. The lowest BCUT2D eigenvalue weighted by Gasteiger charge is -2.17. The largest absolute Gasteiger partial charge is 0.347 e. The summed E-state index contributed by atoms with van der Waals surface area (Å²) in [6.45, 7) is 3.86. The van der Waals surface area contributed by atoms with Crippen molar-refractivity contribution in [1.82, 2.24) is 10.3 Å². The first-order valence-electron chi connectivity index (χ1n) is 6.60. The van der Waals surface area contributed by atoms with Crippen LogP contribution in [0.2, 0.25) is 0 Å². The van der Waals surface area contributed by atoms with Gasteiger partial charge in [-0.25, -0.2) is 0 Å². The minimum Gasteiger partial charge on any atom is -0.347 e. The molecule has 0 aliphatic heterocycles. The van der Waals surface area contributed by atoms with Crippen LogP contribution in [0.1, 0.15) is 25.6 Å². The van der Waals surface area contributed by atoms with E-state index in [0.29, 0.717) is 0 Å². The van der Waals surface area contributed by atoms with Crippen molar-refractivity contribution in [3.8, 4) is 0 Å². The third-order valence-corrected chi connectivity index (χ3v) is 4.03. The zero-order valence-electron chi connectivity index (χ0n) is 11.6. The Morgan fingerprint density at radius 1 is 1.10 bits per heavy atom. The molecule has 20 heavy (non-hydrogen) atoms. The number of amides is 1. The smallest absolute Gasteiger partial charge is 0.233 e. The molecule has 1 N–H and O–H groups in total. The summed E-state index contributed by atoms with van der Waals surface area (Å²) in [6.07, 6.45) is 1.74. The predicted octanol–water partition coefficient (Wildman–Crippen LogP) is 3.44. The summed E-state index contributed by atoms with van der Waals surface area (Å²) in [5, 5.41) is 2.86. The zero-order chi connectivity index (χ0) is 14.4. The van der Waals surface area contributed by atoms with Crippen molar-refractivity contribution in [2.75, 3.05) is 0 Å². The monoisotopic (exact) mass is 286 g/mol. The Balaban J connectivity index is 1.91. The number of benzene rings is 1. The summed E-state index contributed by atoms with van der Waals surface area (Å²) in [6, 6.07) is 15.6. The number of hydrogen-bond acceptors (Lipinski definition) is 3. The Labute approximate surface area is 123 Å². The lowest BCUT2D eigenvalue weighted by molar-refractivity contribution is -0.120. The second kappa shape index (κ2) is 7.10. The quantitative estimate of drug-likeness (QED) is 0.856. The van der Waals surface area contributed by atoms with Crippen LogP contribution < -0.4 is 5.32 Å². The van der Waals surface area contributed by atoms with Crippen LogP contribution in [-0.4, -0.2) is 16.1 Å². The standard InChI is InChI=1S/C16H18N2OS/c1-12(15-10-6-7-11-17-15)18-16(19)13(2)20-14-8-4-3-5-9-14/h3-13H,1-2H3,(H,18,19)/t12-,13+/m0/s1. The average Bonchev–Trinajstić information content (AvgIpc) is 2.49. The zero-order valence-corrected chi connectivity index (χ0v) is 12.4. The molecule has 4 heteroatoms. The first-order valence-corrected chi connectivity index (χ1v) is 7.48. The molecule has 0 unspecified atom stereocenters. The van der Waals surface area contributed by atoms with Crippen LogP contribution in [0.4, 0.5) is 0 Å². The van der Waals surface area contributed by atoms with Crippen LogP contribution in [0, 0.1) is 0 Å². The van der Waals surface area contributed by atoms with Gasteiger partial charge in [0.15, 0.2) is 0 Å². The van der Waals surface area contributed by atoms with Gasteiger partial charge in [-0.15, -0.1) is 11.8 Å². The SMILES string of the molecule is C[C@H](NC(=O)[C@@H](C)Sc1ccccc1)c1ccccn1. The molecule has 0 spiro atoms. The Hall–Kier alpha value is -1.81. The number of pyridine rings is 1. The van der Waals surface area contributed by atoms with E-state index >= 15 is 0 Å². The fourth-order valence-electron chi connectivity index (χ4n) is 1.79. The number of aromatic nitrogens is 1. The molecule has 0 saturated carbocycles. The molecule has 0 aliphatic rings. The van der Waals surface area contributed by atoms with Gasteiger partial charge in [-0.1, -0.05) is 24.3 Å². The van der Waals surface area contributed by atoms with Crippen molar-refractivity contribution in [3.05, 3.63) is 60.4 Å². The minimum absolute atomic E-state index is 0.0250. The van der Waals surface area contributed by atoms with Crippen LogP contribution in [0.3, 0.4) is 0 Å². The highest BCUT2D eigenvalue weighted by molar-refractivity contribution is 8.00. The summed E-state index contributed by atoms with van der Waals surface area (Å²) in [5.41, 5.74) is 0.873. The fourth-order valence-corrected chi connectivity index (χ4v) is 2.69. The summed E-state index contributed by atoms with van der Waals surface area (Å²) in [4.78, 5) is 17.5. The molecule has 1 heterocycles. The van der Waals surface area contributed by atoms with Gasteiger partial charge in [-0.2, -0.15) is 0 Å². The van der Waals surface area contributed by atoms with Crippen molar-refractivity contribution in [2.45, 2.75) is 30.0 Å². The van der Waals surface area contributed by atoms with Gasteiger partial charge in [0, 0.05) is 11.1 Å². The van der Waals surface area contributed by atoms with E-state index in [4.69, 9.17) is 0 Å². The molecule has 0 fully saturated rings. The third-order valence-electron chi connectivity index (χ3n) is 2.92. The number of carbonyl (C=O) groups excluding carboxylic acids is 1. The second-order valence-electron chi connectivity index (χ2n) is 4.56. The number of nitrogens with zero attached hydrogens (tertiary/aromatic N) is 1. The van der Waals surface area contributed by atoms with Gasteiger partial charge in [-0.3, -0.25) is 9.78 Å². The van der Waals surface area contributed by atoms with Gasteiger partial charge in [0.25, 0.3) is 0 Å². The maximum Gasteiger partial charge on any atom is 0.233 e. The van der Waals surface area contributed by atoms with Crippen molar-refractivity contribution in [3.63, 3.8) is 0 Å². The lowest BCUT2D eigenvalue weighted by Crippen LogP contribution is -2.33. The second-order valence-corrected chi connectivity index (χ2v) is 5.97. The van der Waals surface area contributed by atoms with E-state index in [0.717, 1.165) is 10.6 Å². The Morgan fingerprint density at radius 3 is 2.45 bits per heavy atom. The number of nitrogens with one attached hydrogen (secondary N) is 1.